The number of carbonyl (C=O) groups is 1. The van der Waals surface area contributed by atoms with Crippen molar-refractivity contribution in [2.75, 3.05) is 31.7 Å². The maximum atomic E-state index is 10.5. The lowest BCUT2D eigenvalue weighted by Crippen LogP contribution is -2.34. The van der Waals surface area contributed by atoms with Gasteiger partial charge in [-0.25, -0.2) is 4.79 Å². The fourth-order valence-corrected chi connectivity index (χ4v) is 3.53. The van der Waals surface area contributed by atoms with Crippen LogP contribution in [0.5, 0.6) is 5.75 Å². The van der Waals surface area contributed by atoms with Crippen molar-refractivity contribution >= 4 is 23.8 Å². The lowest BCUT2D eigenvalue weighted by molar-refractivity contribution is -0.131. The summed E-state index contributed by atoms with van der Waals surface area (Å²) in [4.78, 5) is 12.9. The number of rotatable bonds is 7. The lowest BCUT2D eigenvalue weighted by Gasteiger charge is -2.23. The minimum Gasteiger partial charge on any atom is -0.492 e. The monoisotopic (exact) mass is 307 g/mol. The third-order valence-corrected chi connectivity index (χ3v) is 4.66. The zero-order valence-electron chi connectivity index (χ0n) is 12.2. The Kier molecular flexibility index (Phi) is 6.14. The number of likely N-dealkylation sites (N-methyl/N-ethyl adjacent to an activating group) is 1. The topological polar surface area (TPSA) is 49.8 Å². The molecule has 21 heavy (non-hydrogen) atoms. The molecule has 0 spiro atoms. The Morgan fingerprint density at radius 1 is 1.57 bits per heavy atom. The molecule has 1 heterocycles. The highest BCUT2D eigenvalue weighted by Gasteiger charge is 2.19. The van der Waals surface area contributed by atoms with Crippen molar-refractivity contribution in [3.63, 3.8) is 0 Å². The molecule has 1 unspecified atom stereocenters. The van der Waals surface area contributed by atoms with Crippen LogP contribution in [-0.2, 0) is 4.79 Å². The van der Waals surface area contributed by atoms with E-state index in [4.69, 9.17) is 9.84 Å². The van der Waals surface area contributed by atoms with Crippen molar-refractivity contribution in [1.29, 1.82) is 0 Å². The van der Waals surface area contributed by atoms with Gasteiger partial charge in [-0.05, 0) is 43.0 Å². The number of ether oxygens (including phenoxy) is 1. The van der Waals surface area contributed by atoms with E-state index in [2.05, 4.69) is 11.9 Å². The zero-order chi connectivity index (χ0) is 15.1. The predicted molar refractivity (Wildman–Crippen MR) is 87.0 cm³/mol. The number of hydrogen-bond acceptors (Lipinski definition) is 4. The molecule has 1 saturated heterocycles. The highest BCUT2D eigenvalue weighted by atomic mass is 32.2. The van der Waals surface area contributed by atoms with Gasteiger partial charge in [-0.15, -0.1) is 0 Å². The molecule has 4 nitrogen and oxygen atoms in total. The van der Waals surface area contributed by atoms with E-state index in [0.717, 1.165) is 23.9 Å². The van der Waals surface area contributed by atoms with Gasteiger partial charge in [0.2, 0.25) is 0 Å². The second kappa shape index (κ2) is 8.10. The van der Waals surface area contributed by atoms with E-state index in [9.17, 15) is 4.79 Å². The largest absolute Gasteiger partial charge is 0.492 e. The molecular formula is C16H21NO3S. The first kappa shape index (κ1) is 15.9. The Hall–Kier alpha value is -1.46. The van der Waals surface area contributed by atoms with E-state index in [-0.39, 0.29) is 0 Å². The van der Waals surface area contributed by atoms with Crippen LogP contribution in [0.25, 0.3) is 6.08 Å². The van der Waals surface area contributed by atoms with Gasteiger partial charge in [0.05, 0.1) is 0 Å². The Morgan fingerprint density at radius 2 is 2.43 bits per heavy atom. The van der Waals surface area contributed by atoms with E-state index in [1.54, 1.807) is 6.08 Å². The summed E-state index contributed by atoms with van der Waals surface area (Å²) in [6.45, 7) is 1.55. The molecule has 5 heteroatoms. The second-order valence-corrected chi connectivity index (χ2v) is 6.24. The number of benzene rings is 1. The molecule has 0 amide bonds. The highest BCUT2D eigenvalue weighted by Crippen LogP contribution is 2.21. The fraction of sp³-hybridized carbons (Fsp3) is 0.438. The maximum absolute atomic E-state index is 10.5. The van der Waals surface area contributed by atoms with E-state index < -0.39 is 5.97 Å². The number of hydrogen-bond donors (Lipinski definition) is 1. The van der Waals surface area contributed by atoms with E-state index in [1.807, 2.05) is 36.0 Å². The van der Waals surface area contributed by atoms with Crippen molar-refractivity contribution in [3.8, 4) is 5.75 Å². The molecule has 1 atom stereocenters. The van der Waals surface area contributed by atoms with Gasteiger partial charge in [-0.3, -0.25) is 4.90 Å². The molecule has 1 N–H and O–H groups in total. The van der Waals surface area contributed by atoms with Gasteiger partial charge in [0, 0.05) is 24.4 Å². The van der Waals surface area contributed by atoms with Crippen molar-refractivity contribution in [1.82, 2.24) is 4.90 Å². The molecule has 114 valence electrons. The lowest BCUT2D eigenvalue weighted by atomic mass is 10.2. The molecule has 1 aromatic rings. The molecule has 1 aliphatic heterocycles. The average molecular weight is 307 g/mol. The normalized spacial score (nSPS) is 18.5. The second-order valence-electron chi connectivity index (χ2n) is 5.09. The number of carboxylic acid groups (broad SMARTS) is 1. The third kappa shape index (κ3) is 5.44. The summed E-state index contributed by atoms with van der Waals surface area (Å²) < 4.78 is 5.75. The summed E-state index contributed by atoms with van der Waals surface area (Å²) in [5, 5.41) is 8.63. The maximum Gasteiger partial charge on any atom is 0.328 e. The average Bonchev–Trinajstić information content (AvgIpc) is 3.00. The van der Waals surface area contributed by atoms with Gasteiger partial charge >= 0.3 is 5.97 Å². The van der Waals surface area contributed by atoms with Crippen LogP contribution in [0.4, 0.5) is 0 Å². The molecular weight excluding hydrogens is 286 g/mol. The van der Waals surface area contributed by atoms with Crippen LogP contribution in [0.15, 0.2) is 30.3 Å². The van der Waals surface area contributed by atoms with Crippen LogP contribution in [0.3, 0.4) is 0 Å². The standard InChI is InChI=1S/C16H21NO3S/c1-17(14-7-10-21-12-14)8-9-20-15-4-2-3-13(11-15)5-6-16(18)19/h2-6,11,14H,7-10,12H2,1H3,(H,18,19). The van der Waals surface area contributed by atoms with Gasteiger partial charge in [0.15, 0.2) is 0 Å². The van der Waals surface area contributed by atoms with E-state index in [0.29, 0.717) is 12.6 Å². The third-order valence-electron chi connectivity index (χ3n) is 3.52. The quantitative estimate of drug-likeness (QED) is 0.785. The van der Waals surface area contributed by atoms with Crippen LogP contribution >= 0.6 is 11.8 Å². The summed E-state index contributed by atoms with van der Waals surface area (Å²) >= 11 is 2.01. The van der Waals surface area contributed by atoms with Gasteiger partial charge in [-0.2, -0.15) is 11.8 Å². The van der Waals surface area contributed by atoms with Gasteiger partial charge < -0.3 is 9.84 Å². The predicted octanol–water partition coefficient (Wildman–Crippen LogP) is 2.60. The Bertz CT molecular complexity index is 498. The first-order chi connectivity index (χ1) is 10.1. The SMILES string of the molecule is CN(CCOc1cccc(C=CC(=O)O)c1)C1CCSC1. The Balaban J connectivity index is 1.80. The van der Waals surface area contributed by atoms with Crippen molar-refractivity contribution < 1.29 is 14.6 Å². The molecule has 1 fully saturated rings. The first-order valence-corrected chi connectivity index (χ1v) is 8.22. The zero-order valence-corrected chi connectivity index (χ0v) is 13.0. The smallest absolute Gasteiger partial charge is 0.328 e. The molecule has 2 rings (SSSR count). The van der Waals surface area contributed by atoms with Crippen molar-refractivity contribution in [2.45, 2.75) is 12.5 Å². The summed E-state index contributed by atoms with van der Waals surface area (Å²) in [5.74, 6) is 2.30. The number of nitrogens with zero attached hydrogens (tertiary/aromatic N) is 1. The molecule has 0 radical (unpaired) electrons. The summed E-state index contributed by atoms with van der Waals surface area (Å²) in [7, 11) is 2.14. The van der Waals surface area contributed by atoms with E-state index in [1.165, 1.54) is 17.9 Å². The van der Waals surface area contributed by atoms with Gasteiger partial charge in [0.25, 0.3) is 0 Å². The molecule has 1 aromatic carbocycles. The summed E-state index contributed by atoms with van der Waals surface area (Å²) in [6.07, 6.45) is 3.96. The van der Waals surface area contributed by atoms with Crippen LogP contribution in [0.2, 0.25) is 0 Å². The highest BCUT2D eigenvalue weighted by molar-refractivity contribution is 7.99. The van der Waals surface area contributed by atoms with Gasteiger partial charge in [0.1, 0.15) is 12.4 Å². The molecule has 1 aliphatic rings. The summed E-state index contributed by atoms with van der Waals surface area (Å²) in [5.41, 5.74) is 0.829. The van der Waals surface area contributed by atoms with Crippen molar-refractivity contribution in [3.05, 3.63) is 35.9 Å². The van der Waals surface area contributed by atoms with Crippen LogP contribution < -0.4 is 4.74 Å². The van der Waals surface area contributed by atoms with E-state index >= 15 is 0 Å². The van der Waals surface area contributed by atoms with Gasteiger partial charge in [-0.1, -0.05) is 12.1 Å². The Labute approximate surface area is 129 Å². The first-order valence-electron chi connectivity index (χ1n) is 7.07. The van der Waals surface area contributed by atoms with Crippen LogP contribution in [-0.4, -0.2) is 53.7 Å². The summed E-state index contributed by atoms with van der Waals surface area (Å²) in [6, 6.07) is 8.14. The molecule has 0 bridgehead atoms. The number of thioether (sulfide) groups is 1. The molecule has 0 saturated carbocycles. The minimum absolute atomic E-state index is 0.643. The fourth-order valence-electron chi connectivity index (χ4n) is 2.24. The van der Waals surface area contributed by atoms with Crippen molar-refractivity contribution in [2.24, 2.45) is 0 Å². The Morgan fingerprint density at radius 3 is 3.14 bits per heavy atom. The molecule has 0 aromatic heterocycles. The molecule has 0 aliphatic carbocycles. The number of aliphatic carboxylic acids is 1. The van der Waals surface area contributed by atoms with Crippen LogP contribution in [0.1, 0.15) is 12.0 Å². The van der Waals surface area contributed by atoms with Crippen LogP contribution in [0, 0.1) is 0 Å². The minimum atomic E-state index is -0.947. The number of carboxylic acids is 1.